The van der Waals surface area contributed by atoms with Crippen molar-refractivity contribution in [3.8, 4) is 0 Å². The fourth-order valence-electron chi connectivity index (χ4n) is 8.94. The lowest BCUT2D eigenvalue weighted by Gasteiger charge is -2.53. The van der Waals surface area contributed by atoms with Gasteiger partial charge in [-0.1, -0.05) is 77.0 Å². The van der Waals surface area contributed by atoms with Crippen molar-refractivity contribution in [3.63, 3.8) is 0 Å². The van der Waals surface area contributed by atoms with E-state index in [2.05, 4.69) is 0 Å². The van der Waals surface area contributed by atoms with Crippen molar-refractivity contribution in [1.29, 1.82) is 0 Å². The van der Waals surface area contributed by atoms with Crippen molar-refractivity contribution in [2.75, 3.05) is 14.2 Å². The first-order valence-corrected chi connectivity index (χ1v) is 22.1. The summed E-state index contributed by atoms with van der Waals surface area (Å²) in [4.78, 5) is 64.7. The molecule has 16 heteroatoms. The standard InChI is InChI=1S/C47H70O16/c1-10-11-12-13-14-15-39(51)62-43-31(22-41(53)57-9)21-34-25-37(28(2)48)61-42(54)24-32(50)23-35-26-38(58-29(3)49)46(6,7)47(55,63-35)27-36-19-30(20-40(52)56-8)18-33(59-36)16-17-45(4,5)44(43)60-34/h12-17,20,28,31-38,43-44,48,50,55H,10-11,18-19,21-27H2,1-9H3/b13-12+,15-14+,17-16+,30-20+/t28-,31+,32-,33+,34+,35+,36+,37-,38+,43+,44?,47+/m1/s1. The summed E-state index contributed by atoms with van der Waals surface area (Å²) in [7, 11) is 2.54. The molecule has 1 unspecified atom stereocenters. The van der Waals surface area contributed by atoms with Gasteiger partial charge in [0.15, 0.2) is 5.79 Å². The Morgan fingerprint density at radius 1 is 0.921 bits per heavy atom. The van der Waals surface area contributed by atoms with E-state index in [1.807, 2.05) is 39.0 Å². The number of fused-ring (bicyclic) bond motifs is 6. The number of rotatable bonds is 10. The number of aliphatic hydroxyl groups is 3. The van der Waals surface area contributed by atoms with Crippen LogP contribution in [-0.4, -0.2) is 126 Å². The number of cyclic esters (lactones) is 1. The van der Waals surface area contributed by atoms with E-state index >= 15 is 0 Å². The van der Waals surface area contributed by atoms with Crippen LogP contribution in [0.1, 0.15) is 119 Å². The molecule has 0 radical (unpaired) electrons. The predicted octanol–water partition coefficient (Wildman–Crippen LogP) is 5.04. The van der Waals surface area contributed by atoms with Gasteiger partial charge in [0.05, 0.1) is 69.1 Å². The number of allylic oxidation sites excluding steroid dienone is 3. The summed E-state index contributed by atoms with van der Waals surface area (Å²) in [5, 5.41) is 34.6. The van der Waals surface area contributed by atoms with Crippen LogP contribution in [0.5, 0.6) is 0 Å². The van der Waals surface area contributed by atoms with Crippen LogP contribution in [0.4, 0.5) is 0 Å². The Kier molecular flexibility index (Phi) is 18.7. The van der Waals surface area contributed by atoms with Gasteiger partial charge in [-0.2, -0.15) is 0 Å². The quantitative estimate of drug-likeness (QED) is 0.0860. The zero-order valence-corrected chi connectivity index (χ0v) is 38.3. The molecule has 354 valence electrons. The Bertz CT molecular complexity index is 1710. The van der Waals surface area contributed by atoms with Gasteiger partial charge in [-0.05, 0) is 32.6 Å². The molecule has 4 aliphatic heterocycles. The Hall–Kier alpha value is -3.93. The number of carbonyl (C=O) groups excluding carboxylic acids is 5. The number of ether oxygens (including phenoxy) is 8. The number of methoxy groups -OCH3 is 2. The number of carbonyl (C=O) groups is 5. The molecule has 12 atom stereocenters. The molecule has 0 aromatic rings. The van der Waals surface area contributed by atoms with Crippen molar-refractivity contribution < 1.29 is 77.2 Å². The van der Waals surface area contributed by atoms with Gasteiger partial charge >= 0.3 is 29.8 Å². The lowest BCUT2D eigenvalue weighted by molar-refractivity contribution is -0.348. The van der Waals surface area contributed by atoms with Crippen LogP contribution >= 0.6 is 0 Å². The lowest BCUT2D eigenvalue weighted by Crippen LogP contribution is -2.62. The summed E-state index contributed by atoms with van der Waals surface area (Å²) in [5.41, 5.74) is -1.50. The summed E-state index contributed by atoms with van der Waals surface area (Å²) in [6, 6.07) is 0. The SMILES string of the molecule is CCC/C=C/C=C/C(=O)O[C@@H]1C2O[C@@H](C[C@H]1CC(=O)OC)C[C@H]([C@@H](C)O)OC(=O)C[C@H](O)C[C@H]1C[C@H](OC(C)=O)C(C)(C)[C@](O)(C[C@@H]3C/C(=C/C(=O)OC)C[C@H](/C=C/C2(C)C)O3)O1. The van der Waals surface area contributed by atoms with Crippen LogP contribution in [0.15, 0.2) is 48.1 Å². The van der Waals surface area contributed by atoms with E-state index < -0.39 is 120 Å². The maximum absolute atomic E-state index is 13.4. The summed E-state index contributed by atoms with van der Waals surface area (Å²) in [5.74, 6) is -5.78. The molecule has 4 rings (SSSR count). The molecular weight excluding hydrogens is 821 g/mol. The molecule has 6 bridgehead atoms. The topological polar surface area (TPSA) is 220 Å². The van der Waals surface area contributed by atoms with Gasteiger partial charge in [0, 0.05) is 56.1 Å². The van der Waals surface area contributed by atoms with E-state index in [4.69, 9.17) is 37.9 Å². The smallest absolute Gasteiger partial charge is 0.331 e. The molecule has 63 heavy (non-hydrogen) atoms. The minimum Gasteiger partial charge on any atom is -0.469 e. The molecule has 0 aromatic carbocycles. The van der Waals surface area contributed by atoms with Gasteiger partial charge < -0.3 is 53.2 Å². The summed E-state index contributed by atoms with van der Waals surface area (Å²) in [6.07, 6.45) is 3.88. The van der Waals surface area contributed by atoms with Crippen LogP contribution in [0, 0.1) is 16.7 Å². The van der Waals surface area contributed by atoms with Crippen LogP contribution in [0.3, 0.4) is 0 Å². The van der Waals surface area contributed by atoms with E-state index in [1.54, 1.807) is 26.0 Å². The minimum absolute atomic E-state index is 0.0106. The van der Waals surface area contributed by atoms with E-state index in [0.29, 0.717) is 5.57 Å². The van der Waals surface area contributed by atoms with E-state index in [-0.39, 0.29) is 51.4 Å². The third-order valence-electron chi connectivity index (χ3n) is 12.5. The molecule has 3 fully saturated rings. The fourth-order valence-corrected chi connectivity index (χ4v) is 8.94. The lowest BCUT2D eigenvalue weighted by atomic mass is 9.70. The number of unbranched alkanes of at least 4 members (excludes halogenated alkanes) is 1. The van der Waals surface area contributed by atoms with Gasteiger partial charge in [-0.15, -0.1) is 0 Å². The number of aliphatic hydroxyl groups excluding tert-OH is 2. The molecule has 0 amide bonds. The highest BCUT2D eigenvalue weighted by molar-refractivity contribution is 5.83. The third kappa shape index (κ3) is 14.5. The Balaban J connectivity index is 1.83. The molecule has 4 aliphatic rings. The number of esters is 5. The molecule has 0 spiro atoms. The molecule has 3 saturated heterocycles. The first kappa shape index (κ1) is 51.7. The number of hydrogen-bond donors (Lipinski definition) is 3. The fraction of sp³-hybridized carbons (Fsp3) is 0.723. The monoisotopic (exact) mass is 890 g/mol. The van der Waals surface area contributed by atoms with Crippen LogP contribution in [0.2, 0.25) is 0 Å². The Morgan fingerprint density at radius 2 is 1.65 bits per heavy atom. The summed E-state index contributed by atoms with van der Waals surface area (Å²) >= 11 is 0. The molecule has 0 aromatic heterocycles. The minimum atomic E-state index is -2.00. The maximum Gasteiger partial charge on any atom is 0.331 e. The first-order valence-electron chi connectivity index (χ1n) is 22.1. The molecular formula is C47H70O16. The first-order chi connectivity index (χ1) is 29.6. The normalized spacial score (nSPS) is 35.5. The number of hydrogen-bond acceptors (Lipinski definition) is 16. The highest BCUT2D eigenvalue weighted by Gasteiger charge is 2.58. The Morgan fingerprint density at radius 3 is 2.30 bits per heavy atom. The van der Waals surface area contributed by atoms with Crippen molar-refractivity contribution in [1.82, 2.24) is 0 Å². The second kappa shape index (κ2) is 22.8. The van der Waals surface area contributed by atoms with Crippen molar-refractivity contribution in [2.24, 2.45) is 16.7 Å². The second-order valence-electron chi connectivity index (χ2n) is 18.5. The predicted molar refractivity (Wildman–Crippen MR) is 227 cm³/mol. The van der Waals surface area contributed by atoms with Gasteiger partial charge in [0.2, 0.25) is 0 Å². The van der Waals surface area contributed by atoms with Gasteiger partial charge in [-0.3, -0.25) is 14.4 Å². The van der Waals surface area contributed by atoms with Gasteiger partial charge in [0.1, 0.15) is 24.4 Å². The van der Waals surface area contributed by atoms with Gasteiger partial charge in [-0.25, -0.2) is 9.59 Å². The summed E-state index contributed by atoms with van der Waals surface area (Å²) in [6.45, 7) is 11.9. The van der Waals surface area contributed by atoms with Gasteiger partial charge in [0.25, 0.3) is 0 Å². The molecule has 0 saturated carbocycles. The zero-order chi connectivity index (χ0) is 46.7. The maximum atomic E-state index is 13.4. The highest BCUT2D eigenvalue weighted by atomic mass is 16.6. The van der Waals surface area contributed by atoms with Crippen molar-refractivity contribution >= 4 is 29.8 Å². The zero-order valence-electron chi connectivity index (χ0n) is 38.3. The average molecular weight is 891 g/mol. The highest BCUT2D eigenvalue weighted by Crippen LogP contribution is 2.49. The van der Waals surface area contributed by atoms with E-state index in [9.17, 15) is 39.3 Å². The largest absolute Gasteiger partial charge is 0.469 e. The third-order valence-corrected chi connectivity index (χ3v) is 12.5. The van der Waals surface area contributed by atoms with Crippen LogP contribution in [-0.2, 0) is 61.9 Å². The van der Waals surface area contributed by atoms with Crippen molar-refractivity contribution in [2.45, 2.75) is 186 Å². The second-order valence-corrected chi connectivity index (χ2v) is 18.5. The van der Waals surface area contributed by atoms with Crippen molar-refractivity contribution in [3.05, 3.63) is 48.1 Å². The molecule has 0 aliphatic carbocycles. The molecule has 3 N–H and O–H groups in total. The van der Waals surface area contributed by atoms with Crippen LogP contribution in [0.25, 0.3) is 0 Å². The average Bonchev–Trinajstić information content (AvgIpc) is 3.18. The molecule has 4 heterocycles. The van der Waals surface area contributed by atoms with E-state index in [0.717, 1.165) is 12.8 Å². The van der Waals surface area contributed by atoms with E-state index in [1.165, 1.54) is 40.2 Å². The molecule has 16 nitrogen and oxygen atoms in total. The summed E-state index contributed by atoms with van der Waals surface area (Å²) < 4.78 is 47.5. The van der Waals surface area contributed by atoms with Crippen LogP contribution < -0.4 is 0 Å². The Labute approximate surface area is 371 Å².